The predicted molar refractivity (Wildman–Crippen MR) is 80.8 cm³/mol. The van der Waals surface area contributed by atoms with Gasteiger partial charge in [-0.3, -0.25) is 4.79 Å². The predicted octanol–water partition coefficient (Wildman–Crippen LogP) is 2.96. The van der Waals surface area contributed by atoms with Crippen LogP contribution in [-0.4, -0.2) is 32.8 Å². The Labute approximate surface area is 125 Å². The van der Waals surface area contributed by atoms with Gasteiger partial charge in [0, 0.05) is 29.8 Å². The summed E-state index contributed by atoms with van der Waals surface area (Å²) in [7, 11) is 3.26. The number of halogens is 1. The molecule has 0 saturated heterocycles. The number of rotatable bonds is 4. The van der Waals surface area contributed by atoms with E-state index >= 15 is 0 Å². The highest BCUT2D eigenvalue weighted by atomic mass is 35.7. The smallest absolute Gasteiger partial charge is 0.261 e. The first-order valence-electron chi connectivity index (χ1n) is 6.35. The van der Waals surface area contributed by atoms with Crippen LogP contribution in [-0.2, 0) is 9.05 Å². The zero-order chi connectivity index (χ0) is 15.7. The van der Waals surface area contributed by atoms with E-state index in [0.29, 0.717) is 23.6 Å². The van der Waals surface area contributed by atoms with E-state index in [1.807, 2.05) is 13.8 Å². The van der Waals surface area contributed by atoms with Crippen LogP contribution in [0.5, 0.6) is 0 Å². The first-order valence-corrected chi connectivity index (χ1v) is 8.66. The molecule has 1 rings (SSSR count). The van der Waals surface area contributed by atoms with Crippen LogP contribution >= 0.6 is 10.7 Å². The molecule has 0 radical (unpaired) electrons. The zero-order valence-corrected chi connectivity index (χ0v) is 14.0. The van der Waals surface area contributed by atoms with Gasteiger partial charge in [-0.15, -0.1) is 0 Å². The topological polar surface area (TPSA) is 54.5 Å². The molecular formula is C14H20ClNO3S. The maximum atomic E-state index is 12.4. The Balaban J connectivity index is 3.29. The first kappa shape index (κ1) is 17.0. The molecule has 0 aliphatic rings. The fourth-order valence-corrected chi connectivity index (χ4v) is 3.36. The Bertz CT molecular complexity index is 624. The van der Waals surface area contributed by atoms with E-state index in [1.54, 1.807) is 31.9 Å². The molecule has 0 unspecified atom stereocenters. The second-order valence-electron chi connectivity index (χ2n) is 5.45. The highest BCUT2D eigenvalue weighted by Crippen LogP contribution is 2.24. The molecule has 0 saturated carbocycles. The van der Waals surface area contributed by atoms with Crippen molar-refractivity contribution in [3.8, 4) is 0 Å². The second kappa shape index (κ2) is 6.14. The number of carbonyl (C=O) groups is 1. The van der Waals surface area contributed by atoms with Gasteiger partial charge in [-0.2, -0.15) is 0 Å². The summed E-state index contributed by atoms with van der Waals surface area (Å²) in [5, 5.41) is 0. The Kier molecular flexibility index (Phi) is 5.21. The molecule has 0 fully saturated rings. The molecule has 0 atom stereocenters. The molecule has 1 aromatic rings. The van der Waals surface area contributed by atoms with Gasteiger partial charge >= 0.3 is 0 Å². The molecule has 6 heteroatoms. The van der Waals surface area contributed by atoms with Crippen molar-refractivity contribution < 1.29 is 13.2 Å². The molecule has 112 valence electrons. The first-order chi connectivity index (χ1) is 9.04. The van der Waals surface area contributed by atoms with Crippen LogP contribution in [0.15, 0.2) is 17.0 Å². The zero-order valence-electron chi connectivity index (χ0n) is 12.4. The average Bonchev–Trinajstić information content (AvgIpc) is 2.25. The van der Waals surface area contributed by atoms with E-state index in [1.165, 1.54) is 6.07 Å². The minimum Gasteiger partial charge on any atom is -0.341 e. The third-order valence-corrected chi connectivity index (χ3v) is 4.46. The molecule has 0 aliphatic carbocycles. The molecule has 0 N–H and O–H groups in total. The van der Waals surface area contributed by atoms with Gasteiger partial charge < -0.3 is 4.90 Å². The number of hydrogen-bond donors (Lipinski definition) is 0. The van der Waals surface area contributed by atoms with Gasteiger partial charge in [-0.05, 0) is 37.0 Å². The molecule has 1 amide bonds. The summed E-state index contributed by atoms with van der Waals surface area (Å²) in [6.07, 6.45) is 0. The van der Waals surface area contributed by atoms with Crippen LogP contribution < -0.4 is 0 Å². The summed E-state index contributed by atoms with van der Waals surface area (Å²) in [6, 6.07) is 3.04. The van der Waals surface area contributed by atoms with Gasteiger partial charge in [0.05, 0.1) is 4.90 Å². The van der Waals surface area contributed by atoms with E-state index in [9.17, 15) is 13.2 Å². The van der Waals surface area contributed by atoms with Crippen molar-refractivity contribution in [3.05, 3.63) is 28.8 Å². The van der Waals surface area contributed by atoms with E-state index < -0.39 is 9.05 Å². The maximum Gasteiger partial charge on any atom is 0.261 e. The quantitative estimate of drug-likeness (QED) is 0.802. The standard InChI is InChI=1S/C14H20ClNO3S/c1-9(2)8-16(5)14(17)12-7-13(20(15,18)19)11(4)6-10(12)3/h6-7,9H,8H2,1-5H3. The van der Waals surface area contributed by atoms with Crippen LogP contribution in [0.1, 0.15) is 35.3 Å². The number of hydrogen-bond acceptors (Lipinski definition) is 3. The lowest BCUT2D eigenvalue weighted by Crippen LogP contribution is -2.31. The summed E-state index contributed by atoms with van der Waals surface area (Å²) >= 11 is 0. The number of nitrogens with zero attached hydrogens (tertiary/aromatic N) is 1. The van der Waals surface area contributed by atoms with Gasteiger partial charge in [-0.25, -0.2) is 8.42 Å². The van der Waals surface area contributed by atoms with Crippen molar-refractivity contribution in [1.82, 2.24) is 4.90 Å². The van der Waals surface area contributed by atoms with Gasteiger partial charge in [-0.1, -0.05) is 19.9 Å². The highest BCUT2D eigenvalue weighted by Gasteiger charge is 2.21. The summed E-state index contributed by atoms with van der Waals surface area (Å²) in [4.78, 5) is 14.0. The molecule has 20 heavy (non-hydrogen) atoms. The molecule has 0 heterocycles. The van der Waals surface area contributed by atoms with E-state index in [-0.39, 0.29) is 10.8 Å². The van der Waals surface area contributed by atoms with Crippen LogP contribution in [0.25, 0.3) is 0 Å². The normalized spacial score (nSPS) is 11.8. The third-order valence-electron chi connectivity index (χ3n) is 3.00. The Morgan fingerprint density at radius 2 is 1.80 bits per heavy atom. The van der Waals surface area contributed by atoms with Gasteiger partial charge in [0.15, 0.2) is 0 Å². The van der Waals surface area contributed by atoms with Crippen LogP contribution in [0.2, 0.25) is 0 Å². The van der Waals surface area contributed by atoms with Crippen molar-refractivity contribution in [2.75, 3.05) is 13.6 Å². The minimum atomic E-state index is -3.85. The lowest BCUT2D eigenvalue weighted by atomic mass is 10.0. The number of amides is 1. The highest BCUT2D eigenvalue weighted by molar-refractivity contribution is 8.13. The second-order valence-corrected chi connectivity index (χ2v) is 7.98. The van der Waals surface area contributed by atoms with Crippen LogP contribution in [0, 0.1) is 19.8 Å². The summed E-state index contributed by atoms with van der Waals surface area (Å²) in [5.41, 5.74) is 1.66. The van der Waals surface area contributed by atoms with Gasteiger partial charge in [0.1, 0.15) is 0 Å². The Morgan fingerprint density at radius 3 is 2.25 bits per heavy atom. The summed E-state index contributed by atoms with van der Waals surface area (Å²) in [6.45, 7) is 8.08. The number of benzene rings is 1. The van der Waals surface area contributed by atoms with Crippen LogP contribution in [0.4, 0.5) is 0 Å². The molecule has 0 bridgehead atoms. The number of carbonyl (C=O) groups excluding carboxylic acids is 1. The fraction of sp³-hybridized carbons (Fsp3) is 0.500. The molecule has 1 aromatic carbocycles. The molecular weight excluding hydrogens is 298 g/mol. The van der Waals surface area contributed by atoms with E-state index in [2.05, 4.69) is 0 Å². The van der Waals surface area contributed by atoms with Crippen molar-refractivity contribution in [2.24, 2.45) is 5.92 Å². The van der Waals surface area contributed by atoms with Crippen molar-refractivity contribution in [2.45, 2.75) is 32.6 Å². The van der Waals surface area contributed by atoms with Crippen LogP contribution in [0.3, 0.4) is 0 Å². The Hall–Kier alpha value is -1.07. The van der Waals surface area contributed by atoms with Gasteiger partial charge in [0.25, 0.3) is 15.0 Å². The van der Waals surface area contributed by atoms with Crippen molar-refractivity contribution in [3.63, 3.8) is 0 Å². The third kappa shape index (κ3) is 3.96. The molecule has 0 aliphatic heterocycles. The lowest BCUT2D eigenvalue weighted by molar-refractivity contribution is 0.0778. The molecule has 0 spiro atoms. The average molecular weight is 318 g/mol. The largest absolute Gasteiger partial charge is 0.341 e. The Morgan fingerprint density at radius 1 is 1.25 bits per heavy atom. The van der Waals surface area contributed by atoms with Crippen molar-refractivity contribution >= 4 is 25.6 Å². The summed E-state index contributed by atoms with van der Waals surface area (Å²) in [5.74, 6) is 0.142. The SMILES string of the molecule is Cc1cc(C)c(S(=O)(=O)Cl)cc1C(=O)N(C)CC(C)C. The number of aryl methyl sites for hydroxylation is 2. The van der Waals surface area contributed by atoms with Gasteiger partial charge in [0.2, 0.25) is 0 Å². The minimum absolute atomic E-state index is 0.00827. The van der Waals surface area contributed by atoms with Crippen molar-refractivity contribution in [1.29, 1.82) is 0 Å². The maximum absolute atomic E-state index is 12.4. The molecule has 0 aromatic heterocycles. The molecule has 4 nitrogen and oxygen atoms in total. The summed E-state index contributed by atoms with van der Waals surface area (Å²) < 4.78 is 23.1. The van der Waals surface area contributed by atoms with E-state index in [0.717, 1.165) is 5.56 Å². The fourth-order valence-electron chi connectivity index (χ4n) is 2.16. The monoisotopic (exact) mass is 317 g/mol. The van der Waals surface area contributed by atoms with E-state index in [4.69, 9.17) is 10.7 Å². The lowest BCUT2D eigenvalue weighted by Gasteiger charge is -2.21.